The summed E-state index contributed by atoms with van der Waals surface area (Å²) in [6, 6.07) is 0.508. The highest BCUT2D eigenvalue weighted by atomic mass is 32.2. The minimum atomic E-state index is 0.508. The van der Waals surface area contributed by atoms with Crippen LogP contribution in [0.2, 0.25) is 0 Å². The van der Waals surface area contributed by atoms with Crippen molar-refractivity contribution in [2.45, 2.75) is 30.5 Å². The molecule has 0 unspecified atom stereocenters. The maximum atomic E-state index is 10.1. The Labute approximate surface area is 79.9 Å². The number of nitrogens with zero attached hydrogens (tertiary/aromatic N) is 4. The molecule has 0 N–H and O–H groups in total. The highest BCUT2D eigenvalue weighted by Crippen LogP contribution is 2.36. The molecule has 0 aromatic carbocycles. The van der Waals surface area contributed by atoms with Crippen molar-refractivity contribution in [2.75, 3.05) is 5.75 Å². The van der Waals surface area contributed by atoms with E-state index in [-0.39, 0.29) is 0 Å². The molecule has 1 fully saturated rings. The third kappa shape index (κ3) is 2.06. The standard InChI is InChI=1S/C7H10N4OS/c12-4-1-5-13-7-8-9-10-11(7)6-2-3-6/h4,6H,1-3,5H2. The number of carbonyl (C=O) groups is 1. The van der Waals surface area contributed by atoms with Gasteiger partial charge >= 0.3 is 0 Å². The lowest BCUT2D eigenvalue weighted by molar-refractivity contribution is -0.107. The first-order chi connectivity index (χ1) is 6.42. The van der Waals surface area contributed by atoms with Crippen LogP contribution >= 0.6 is 11.8 Å². The van der Waals surface area contributed by atoms with E-state index in [0.717, 1.165) is 17.2 Å². The smallest absolute Gasteiger partial charge is 0.209 e. The van der Waals surface area contributed by atoms with Gasteiger partial charge in [-0.05, 0) is 23.3 Å². The summed E-state index contributed by atoms with van der Waals surface area (Å²) in [4.78, 5) is 10.1. The van der Waals surface area contributed by atoms with Gasteiger partial charge in [-0.2, -0.15) is 0 Å². The van der Waals surface area contributed by atoms with Crippen LogP contribution in [0.5, 0.6) is 0 Å². The fourth-order valence-corrected chi connectivity index (χ4v) is 1.84. The number of hydrogen-bond donors (Lipinski definition) is 0. The van der Waals surface area contributed by atoms with Crippen molar-refractivity contribution in [3.63, 3.8) is 0 Å². The van der Waals surface area contributed by atoms with Crippen molar-refractivity contribution < 1.29 is 4.79 Å². The third-order valence-corrected chi connectivity index (χ3v) is 2.79. The quantitative estimate of drug-likeness (QED) is 0.396. The fraction of sp³-hybridized carbons (Fsp3) is 0.714. The van der Waals surface area contributed by atoms with E-state index in [9.17, 15) is 4.79 Å². The average Bonchev–Trinajstić information content (AvgIpc) is 2.88. The monoisotopic (exact) mass is 198 g/mol. The van der Waals surface area contributed by atoms with E-state index in [4.69, 9.17) is 0 Å². The minimum absolute atomic E-state index is 0.508. The Morgan fingerprint density at radius 3 is 3.15 bits per heavy atom. The third-order valence-electron chi connectivity index (χ3n) is 1.82. The largest absolute Gasteiger partial charge is 0.303 e. The van der Waals surface area contributed by atoms with Gasteiger partial charge in [0.05, 0.1) is 6.04 Å². The van der Waals surface area contributed by atoms with E-state index in [0.29, 0.717) is 12.5 Å². The Bertz CT molecular complexity index is 296. The molecule has 0 bridgehead atoms. The zero-order valence-electron chi connectivity index (χ0n) is 7.09. The van der Waals surface area contributed by atoms with E-state index in [2.05, 4.69) is 15.5 Å². The zero-order chi connectivity index (χ0) is 9.10. The maximum Gasteiger partial charge on any atom is 0.209 e. The Morgan fingerprint density at radius 1 is 1.62 bits per heavy atom. The lowest BCUT2D eigenvalue weighted by Gasteiger charge is -1.99. The maximum absolute atomic E-state index is 10.1. The Hall–Kier alpha value is -0.910. The van der Waals surface area contributed by atoms with Crippen LogP contribution in [0.4, 0.5) is 0 Å². The molecular weight excluding hydrogens is 188 g/mol. The average molecular weight is 198 g/mol. The highest BCUT2D eigenvalue weighted by Gasteiger charge is 2.27. The molecular formula is C7H10N4OS. The molecule has 1 aromatic rings. The molecule has 5 nitrogen and oxygen atoms in total. The first-order valence-electron chi connectivity index (χ1n) is 4.26. The van der Waals surface area contributed by atoms with E-state index in [1.807, 2.05) is 4.68 Å². The summed E-state index contributed by atoms with van der Waals surface area (Å²) >= 11 is 1.54. The van der Waals surface area contributed by atoms with Crippen LogP contribution in [0.1, 0.15) is 25.3 Å². The summed E-state index contributed by atoms with van der Waals surface area (Å²) in [7, 11) is 0. The van der Waals surface area contributed by atoms with Gasteiger partial charge in [0.2, 0.25) is 5.16 Å². The van der Waals surface area contributed by atoms with Gasteiger partial charge in [0.1, 0.15) is 6.29 Å². The molecule has 1 saturated carbocycles. The van der Waals surface area contributed by atoms with Crippen molar-refractivity contribution in [3.05, 3.63) is 0 Å². The van der Waals surface area contributed by atoms with E-state index in [1.165, 1.54) is 12.8 Å². The van der Waals surface area contributed by atoms with E-state index in [1.54, 1.807) is 11.8 Å². The molecule has 6 heteroatoms. The van der Waals surface area contributed by atoms with Crippen LogP contribution in [-0.4, -0.2) is 32.2 Å². The fourth-order valence-electron chi connectivity index (χ4n) is 1.03. The van der Waals surface area contributed by atoms with Gasteiger partial charge in [-0.25, -0.2) is 4.68 Å². The molecule has 0 radical (unpaired) electrons. The van der Waals surface area contributed by atoms with Crippen LogP contribution in [0, 0.1) is 0 Å². The number of rotatable bonds is 5. The highest BCUT2D eigenvalue weighted by molar-refractivity contribution is 7.99. The molecule has 2 rings (SSSR count). The van der Waals surface area contributed by atoms with Crippen LogP contribution in [0.25, 0.3) is 0 Å². The molecule has 0 aliphatic heterocycles. The van der Waals surface area contributed by atoms with Gasteiger partial charge < -0.3 is 4.79 Å². The molecule has 1 heterocycles. The van der Waals surface area contributed by atoms with Gasteiger partial charge in [0, 0.05) is 12.2 Å². The normalized spacial score (nSPS) is 16.0. The van der Waals surface area contributed by atoms with Crippen molar-refractivity contribution in [1.29, 1.82) is 0 Å². The molecule has 1 aliphatic carbocycles. The molecule has 0 spiro atoms. The number of tetrazole rings is 1. The van der Waals surface area contributed by atoms with Crippen molar-refractivity contribution in [3.8, 4) is 0 Å². The first kappa shape index (κ1) is 8.68. The van der Waals surface area contributed by atoms with Crippen LogP contribution < -0.4 is 0 Å². The number of aromatic nitrogens is 4. The lowest BCUT2D eigenvalue weighted by atomic mass is 10.6. The number of hydrogen-bond acceptors (Lipinski definition) is 5. The van der Waals surface area contributed by atoms with Crippen LogP contribution in [0.3, 0.4) is 0 Å². The molecule has 1 aromatic heterocycles. The van der Waals surface area contributed by atoms with Crippen LogP contribution in [-0.2, 0) is 4.79 Å². The predicted octanol–water partition coefficient (Wildman–Crippen LogP) is 0.689. The molecule has 0 saturated heterocycles. The second-order valence-electron chi connectivity index (χ2n) is 2.94. The lowest BCUT2D eigenvalue weighted by Crippen LogP contribution is -1.99. The van der Waals surface area contributed by atoms with Gasteiger partial charge in [0.25, 0.3) is 0 Å². The number of aldehydes is 1. The summed E-state index contributed by atoms with van der Waals surface area (Å²) in [6.45, 7) is 0. The molecule has 13 heavy (non-hydrogen) atoms. The second-order valence-corrected chi connectivity index (χ2v) is 4.00. The van der Waals surface area contributed by atoms with Gasteiger partial charge in [0.15, 0.2) is 0 Å². The van der Waals surface area contributed by atoms with Crippen molar-refractivity contribution >= 4 is 18.0 Å². The van der Waals surface area contributed by atoms with E-state index < -0.39 is 0 Å². The Kier molecular flexibility index (Phi) is 2.58. The zero-order valence-corrected chi connectivity index (χ0v) is 7.90. The van der Waals surface area contributed by atoms with Gasteiger partial charge in [-0.1, -0.05) is 11.8 Å². The molecule has 1 aliphatic rings. The van der Waals surface area contributed by atoms with Crippen molar-refractivity contribution in [1.82, 2.24) is 20.2 Å². The summed E-state index contributed by atoms with van der Waals surface area (Å²) in [5.41, 5.74) is 0. The van der Waals surface area contributed by atoms with Crippen LogP contribution in [0.15, 0.2) is 5.16 Å². The van der Waals surface area contributed by atoms with E-state index >= 15 is 0 Å². The minimum Gasteiger partial charge on any atom is -0.303 e. The molecule has 0 amide bonds. The number of thioether (sulfide) groups is 1. The van der Waals surface area contributed by atoms with Crippen molar-refractivity contribution in [2.24, 2.45) is 0 Å². The summed E-state index contributed by atoms with van der Waals surface area (Å²) < 4.78 is 1.86. The SMILES string of the molecule is O=CCCSc1nnnn1C1CC1. The predicted molar refractivity (Wildman–Crippen MR) is 47.5 cm³/mol. The first-order valence-corrected chi connectivity index (χ1v) is 5.24. The van der Waals surface area contributed by atoms with Gasteiger partial charge in [-0.15, -0.1) is 5.10 Å². The Balaban J connectivity index is 1.94. The van der Waals surface area contributed by atoms with Gasteiger partial charge in [-0.3, -0.25) is 0 Å². The Morgan fingerprint density at radius 2 is 2.46 bits per heavy atom. The number of carbonyl (C=O) groups excluding carboxylic acids is 1. The second kappa shape index (κ2) is 3.87. The summed E-state index contributed by atoms with van der Waals surface area (Å²) in [6.07, 6.45) is 3.82. The molecule has 0 atom stereocenters. The summed E-state index contributed by atoms with van der Waals surface area (Å²) in [5, 5.41) is 12.3. The molecule has 70 valence electrons. The summed E-state index contributed by atoms with van der Waals surface area (Å²) in [5.74, 6) is 0.761. The topological polar surface area (TPSA) is 60.7 Å².